The van der Waals surface area contributed by atoms with Crippen LogP contribution in [-0.2, 0) is 0 Å². The second-order valence-electron chi connectivity index (χ2n) is 5.52. The van der Waals surface area contributed by atoms with E-state index in [-0.39, 0.29) is 36.6 Å². The van der Waals surface area contributed by atoms with Crippen molar-refractivity contribution in [3.8, 4) is 0 Å². The highest BCUT2D eigenvalue weighted by Gasteiger charge is 2.27. The molecule has 1 fully saturated rings. The molecule has 1 atom stereocenters. The summed E-state index contributed by atoms with van der Waals surface area (Å²) in [7, 11) is 1.57. The number of hydrogen-bond acceptors (Lipinski definition) is 3. The number of thiophene rings is 1. The van der Waals surface area contributed by atoms with E-state index in [1.54, 1.807) is 18.4 Å². The summed E-state index contributed by atoms with van der Waals surface area (Å²) in [5.41, 5.74) is 0. The molecule has 9 heteroatoms. The molecule has 2 N–H and O–H groups in total. The van der Waals surface area contributed by atoms with E-state index >= 15 is 0 Å². The Labute approximate surface area is 161 Å². The molecule has 2 rings (SSSR count). The van der Waals surface area contributed by atoms with Crippen LogP contribution in [0.25, 0.3) is 0 Å². The number of hydrogen-bond donors (Lipinski definition) is 2. The highest BCUT2D eigenvalue weighted by Crippen LogP contribution is 2.27. The Morgan fingerprint density at radius 2 is 2.04 bits per heavy atom. The molecule has 1 aliphatic rings. The van der Waals surface area contributed by atoms with Gasteiger partial charge >= 0.3 is 6.18 Å². The van der Waals surface area contributed by atoms with E-state index in [9.17, 15) is 13.2 Å². The molecule has 138 valence electrons. The first-order valence-corrected chi connectivity index (χ1v) is 8.66. The van der Waals surface area contributed by atoms with Crippen molar-refractivity contribution in [1.82, 2.24) is 15.5 Å². The van der Waals surface area contributed by atoms with Crippen LogP contribution in [0.15, 0.2) is 22.5 Å². The van der Waals surface area contributed by atoms with E-state index < -0.39 is 12.6 Å². The van der Waals surface area contributed by atoms with Gasteiger partial charge in [-0.1, -0.05) is 6.07 Å². The molecule has 0 saturated carbocycles. The molecule has 0 bridgehead atoms. The Kier molecular flexibility index (Phi) is 9.35. The molecule has 1 saturated heterocycles. The Morgan fingerprint density at radius 1 is 1.33 bits per heavy atom. The largest absolute Gasteiger partial charge is 0.390 e. The summed E-state index contributed by atoms with van der Waals surface area (Å²) in [6.45, 7) is 2.58. The van der Waals surface area contributed by atoms with Gasteiger partial charge in [-0.15, -0.1) is 35.3 Å². The maximum absolute atomic E-state index is 12.2. The van der Waals surface area contributed by atoms with Crippen molar-refractivity contribution in [2.24, 2.45) is 4.99 Å². The lowest BCUT2D eigenvalue weighted by Crippen LogP contribution is -2.43. The zero-order valence-electron chi connectivity index (χ0n) is 13.6. The molecular weight excluding hydrogens is 452 g/mol. The normalized spacial score (nSPS) is 17.4. The average Bonchev–Trinajstić information content (AvgIpc) is 3.18. The molecule has 0 amide bonds. The van der Waals surface area contributed by atoms with Crippen LogP contribution in [0.5, 0.6) is 0 Å². The predicted molar refractivity (Wildman–Crippen MR) is 103 cm³/mol. The minimum absolute atomic E-state index is 0. The first-order valence-electron chi connectivity index (χ1n) is 7.78. The maximum Gasteiger partial charge on any atom is 0.390 e. The van der Waals surface area contributed by atoms with Crippen molar-refractivity contribution in [3.63, 3.8) is 0 Å². The standard InChI is InChI=1S/C15H23F3N4S.HI/c1-19-14(20-7-6-15(16,17)18)21-11-12(13-5-4-10-23-13)22-8-2-3-9-22;/h4-5,10,12H,2-3,6-9,11H2,1H3,(H2,19,20,21);1H. The topological polar surface area (TPSA) is 39.7 Å². The molecule has 2 heterocycles. The first-order chi connectivity index (χ1) is 11.0. The number of nitrogens with zero attached hydrogens (tertiary/aromatic N) is 2. The number of aliphatic imine (C=N–C) groups is 1. The van der Waals surface area contributed by atoms with Crippen LogP contribution in [0.3, 0.4) is 0 Å². The van der Waals surface area contributed by atoms with Gasteiger partial charge in [0.05, 0.1) is 12.5 Å². The van der Waals surface area contributed by atoms with E-state index in [2.05, 4.69) is 32.0 Å². The number of nitrogens with one attached hydrogen (secondary N) is 2. The van der Waals surface area contributed by atoms with Gasteiger partial charge in [-0.3, -0.25) is 9.89 Å². The Morgan fingerprint density at radius 3 is 2.58 bits per heavy atom. The van der Waals surface area contributed by atoms with Gasteiger partial charge in [0.25, 0.3) is 0 Å². The lowest BCUT2D eigenvalue weighted by Gasteiger charge is -2.27. The van der Waals surface area contributed by atoms with E-state index in [1.807, 2.05) is 6.07 Å². The van der Waals surface area contributed by atoms with E-state index in [1.165, 1.54) is 17.7 Å². The molecule has 1 aromatic rings. The van der Waals surface area contributed by atoms with Crippen LogP contribution < -0.4 is 10.6 Å². The number of guanidine groups is 1. The van der Waals surface area contributed by atoms with Gasteiger partial charge in [0.1, 0.15) is 0 Å². The van der Waals surface area contributed by atoms with Crippen molar-refractivity contribution >= 4 is 41.3 Å². The summed E-state index contributed by atoms with van der Waals surface area (Å²) in [4.78, 5) is 7.69. The number of halogens is 4. The van der Waals surface area contributed by atoms with Crippen molar-refractivity contribution in [2.75, 3.05) is 33.2 Å². The summed E-state index contributed by atoms with van der Waals surface area (Å²) in [5.74, 6) is 0.412. The summed E-state index contributed by atoms with van der Waals surface area (Å²) in [5, 5.41) is 7.93. The minimum atomic E-state index is -4.15. The van der Waals surface area contributed by atoms with Crippen LogP contribution in [0, 0.1) is 0 Å². The molecule has 0 aromatic carbocycles. The van der Waals surface area contributed by atoms with Gasteiger partial charge in [0.2, 0.25) is 0 Å². The third-order valence-corrected chi connectivity index (χ3v) is 4.81. The molecule has 24 heavy (non-hydrogen) atoms. The van der Waals surface area contributed by atoms with Crippen LogP contribution in [0.1, 0.15) is 30.2 Å². The summed E-state index contributed by atoms with van der Waals surface area (Å²) in [6, 6.07) is 4.37. The van der Waals surface area contributed by atoms with Crippen LogP contribution >= 0.6 is 35.3 Å². The van der Waals surface area contributed by atoms with Gasteiger partial charge < -0.3 is 10.6 Å². The molecule has 0 radical (unpaired) electrons. The lowest BCUT2D eigenvalue weighted by atomic mass is 10.2. The molecule has 4 nitrogen and oxygen atoms in total. The van der Waals surface area contributed by atoms with Crippen LogP contribution in [0.4, 0.5) is 13.2 Å². The molecule has 0 aliphatic carbocycles. The van der Waals surface area contributed by atoms with Crippen molar-refractivity contribution in [1.29, 1.82) is 0 Å². The number of likely N-dealkylation sites (tertiary alicyclic amines) is 1. The first kappa shape index (κ1) is 21.5. The highest BCUT2D eigenvalue weighted by atomic mass is 127. The summed E-state index contributed by atoms with van der Waals surface area (Å²) in [6.07, 6.45) is -2.63. The van der Waals surface area contributed by atoms with E-state index in [4.69, 9.17) is 0 Å². The molecule has 1 aliphatic heterocycles. The monoisotopic (exact) mass is 476 g/mol. The van der Waals surface area contributed by atoms with Crippen molar-refractivity contribution in [2.45, 2.75) is 31.5 Å². The average molecular weight is 476 g/mol. The second-order valence-corrected chi connectivity index (χ2v) is 6.50. The van der Waals surface area contributed by atoms with Crippen molar-refractivity contribution in [3.05, 3.63) is 22.4 Å². The van der Waals surface area contributed by atoms with Crippen LogP contribution in [0.2, 0.25) is 0 Å². The fraction of sp³-hybridized carbons (Fsp3) is 0.667. The third-order valence-electron chi connectivity index (χ3n) is 3.84. The Bertz CT molecular complexity index is 487. The van der Waals surface area contributed by atoms with Gasteiger partial charge in [0.15, 0.2) is 5.96 Å². The van der Waals surface area contributed by atoms with Gasteiger partial charge in [-0.25, -0.2) is 0 Å². The SMILES string of the molecule is CN=C(NCCC(F)(F)F)NCC(c1cccs1)N1CCCC1.I. The maximum atomic E-state index is 12.2. The molecule has 1 aromatic heterocycles. The second kappa shape index (κ2) is 10.4. The van der Waals surface area contributed by atoms with Gasteiger partial charge in [0, 0.05) is 25.0 Å². The predicted octanol–water partition coefficient (Wildman–Crippen LogP) is 3.62. The quantitative estimate of drug-likeness (QED) is 0.375. The Balaban J connectivity index is 0.00000288. The fourth-order valence-electron chi connectivity index (χ4n) is 2.68. The highest BCUT2D eigenvalue weighted by molar-refractivity contribution is 14.0. The molecule has 0 spiro atoms. The van der Waals surface area contributed by atoms with Crippen LogP contribution in [-0.4, -0.2) is 50.3 Å². The molecule has 1 unspecified atom stereocenters. The Hall–Kier alpha value is -0.550. The number of alkyl halides is 3. The van der Waals surface area contributed by atoms with E-state index in [0.29, 0.717) is 12.5 Å². The summed E-state index contributed by atoms with van der Waals surface area (Å²) >= 11 is 1.71. The van der Waals surface area contributed by atoms with Gasteiger partial charge in [-0.2, -0.15) is 13.2 Å². The molecular formula is C15H24F3IN4S. The minimum Gasteiger partial charge on any atom is -0.356 e. The summed E-state index contributed by atoms with van der Waals surface area (Å²) < 4.78 is 36.6. The zero-order valence-corrected chi connectivity index (χ0v) is 16.8. The van der Waals surface area contributed by atoms with Gasteiger partial charge in [-0.05, 0) is 37.4 Å². The zero-order chi connectivity index (χ0) is 16.7. The smallest absolute Gasteiger partial charge is 0.356 e. The fourth-order valence-corrected chi connectivity index (χ4v) is 3.54. The third kappa shape index (κ3) is 7.14. The lowest BCUT2D eigenvalue weighted by molar-refractivity contribution is -0.132. The van der Waals surface area contributed by atoms with E-state index in [0.717, 1.165) is 13.1 Å². The van der Waals surface area contributed by atoms with Crippen molar-refractivity contribution < 1.29 is 13.2 Å². The number of rotatable bonds is 6.